The van der Waals surface area contributed by atoms with Crippen molar-refractivity contribution >= 4 is 11.6 Å². The van der Waals surface area contributed by atoms with Gasteiger partial charge in [0.1, 0.15) is 11.2 Å². The highest BCUT2D eigenvalue weighted by Gasteiger charge is 2.39. The Labute approximate surface area is 198 Å². The molecule has 0 bridgehead atoms. The number of carboxylic acid groups (broad SMARTS) is 1. The molecule has 0 aliphatic rings. The average Bonchev–Trinajstić information content (AvgIpc) is 3.16. The normalized spacial score (nSPS) is 13.7. The summed E-state index contributed by atoms with van der Waals surface area (Å²) in [5.74, 6) is -1.62. The van der Waals surface area contributed by atoms with Gasteiger partial charge in [-0.1, -0.05) is 24.3 Å². The van der Waals surface area contributed by atoms with Gasteiger partial charge in [0, 0.05) is 12.7 Å². The number of rotatable bonds is 7. The second kappa shape index (κ2) is 9.10. The number of benzene rings is 2. The number of aromatic nitrogens is 3. The molecule has 35 heavy (non-hydrogen) atoms. The SMILES string of the molecule is CNCc1nn2c([C@@](C)(Cc3cccc(F)c3)C(=O)O)ccnc2c1-c1ccc(C(F)(F)F)cc1. The van der Waals surface area contributed by atoms with Gasteiger partial charge in [0.15, 0.2) is 5.65 Å². The minimum Gasteiger partial charge on any atom is -0.481 e. The number of carboxylic acids is 1. The maximum Gasteiger partial charge on any atom is 0.416 e. The van der Waals surface area contributed by atoms with Gasteiger partial charge in [-0.3, -0.25) is 4.79 Å². The largest absolute Gasteiger partial charge is 0.481 e. The van der Waals surface area contributed by atoms with E-state index in [0.717, 1.165) is 12.1 Å². The summed E-state index contributed by atoms with van der Waals surface area (Å²) in [6, 6.07) is 11.9. The summed E-state index contributed by atoms with van der Waals surface area (Å²) in [6.07, 6.45) is -3.05. The van der Waals surface area contributed by atoms with Crippen LogP contribution in [0, 0.1) is 5.82 Å². The van der Waals surface area contributed by atoms with Gasteiger partial charge in [-0.05, 0) is 61.9 Å². The molecule has 2 aromatic carbocycles. The highest BCUT2D eigenvalue weighted by atomic mass is 19.4. The standard InChI is InChI=1S/C25H22F4N4O2/c1-24(23(34)35,13-15-4-3-5-18(26)12-15)20-10-11-31-22-21(19(14-30-2)32-33(20)22)16-6-8-17(9-7-16)25(27,28)29/h3-12,30H,13-14H2,1-2H3,(H,34,35)/t24-/m1/s1. The van der Waals surface area contributed by atoms with Crippen LogP contribution >= 0.6 is 0 Å². The van der Waals surface area contributed by atoms with E-state index < -0.39 is 28.9 Å². The van der Waals surface area contributed by atoms with E-state index >= 15 is 0 Å². The summed E-state index contributed by atoms with van der Waals surface area (Å²) in [7, 11) is 1.69. The Morgan fingerprint density at radius 1 is 1.11 bits per heavy atom. The van der Waals surface area contributed by atoms with Gasteiger partial charge in [0.05, 0.1) is 22.5 Å². The van der Waals surface area contributed by atoms with E-state index in [1.807, 2.05) is 0 Å². The van der Waals surface area contributed by atoms with Crippen LogP contribution in [0.2, 0.25) is 0 Å². The molecule has 4 aromatic rings. The van der Waals surface area contributed by atoms with Crippen molar-refractivity contribution in [3.63, 3.8) is 0 Å². The van der Waals surface area contributed by atoms with Gasteiger partial charge in [0.2, 0.25) is 0 Å². The van der Waals surface area contributed by atoms with E-state index in [0.29, 0.717) is 33.7 Å². The van der Waals surface area contributed by atoms with Crippen LogP contribution in [-0.4, -0.2) is 32.7 Å². The Bertz CT molecular complexity index is 1380. The molecule has 0 unspecified atom stereocenters. The van der Waals surface area contributed by atoms with Gasteiger partial charge in [-0.15, -0.1) is 0 Å². The third-order valence-corrected chi connectivity index (χ3v) is 5.92. The van der Waals surface area contributed by atoms with Crippen LogP contribution in [0.3, 0.4) is 0 Å². The number of nitrogens with one attached hydrogen (secondary N) is 1. The number of carbonyl (C=O) groups is 1. The lowest BCUT2D eigenvalue weighted by Gasteiger charge is -2.26. The monoisotopic (exact) mass is 486 g/mol. The maximum atomic E-state index is 13.8. The van der Waals surface area contributed by atoms with Crippen LogP contribution in [0.1, 0.15) is 29.4 Å². The molecule has 182 valence electrons. The molecule has 1 atom stereocenters. The number of alkyl halides is 3. The molecule has 4 rings (SSSR count). The number of fused-ring (bicyclic) bond motifs is 1. The number of nitrogens with zero attached hydrogens (tertiary/aromatic N) is 3. The molecule has 0 aliphatic carbocycles. The van der Waals surface area contributed by atoms with Crippen molar-refractivity contribution in [1.29, 1.82) is 0 Å². The third kappa shape index (κ3) is 4.61. The zero-order chi connectivity index (χ0) is 25.4. The molecule has 0 saturated carbocycles. The van der Waals surface area contributed by atoms with E-state index in [2.05, 4.69) is 15.4 Å². The van der Waals surface area contributed by atoms with Crippen molar-refractivity contribution in [1.82, 2.24) is 19.9 Å². The van der Waals surface area contributed by atoms with Crippen molar-refractivity contribution in [2.24, 2.45) is 0 Å². The summed E-state index contributed by atoms with van der Waals surface area (Å²) >= 11 is 0. The van der Waals surface area contributed by atoms with Gasteiger partial charge < -0.3 is 10.4 Å². The third-order valence-electron chi connectivity index (χ3n) is 5.92. The fourth-order valence-corrected chi connectivity index (χ4v) is 4.15. The molecule has 0 radical (unpaired) electrons. The Morgan fingerprint density at radius 3 is 2.43 bits per heavy atom. The predicted octanol–water partition coefficient (Wildman–Crippen LogP) is 4.86. The smallest absolute Gasteiger partial charge is 0.416 e. The number of aliphatic carboxylic acids is 1. The lowest BCUT2D eigenvalue weighted by atomic mass is 9.80. The number of halogens is 4. The number of hydrogen-bond acceptors (Lipinski definition) is 4. The molecule has 10 heteroatoms. The first kappa shape index (κ1) is 24.3. The summed E-state index contributed by atoms with van der Waals surface area (Å²) in [5, 5.41) is 17.8. The Balaban J connectivity index is 1.90. The topological polar surface area (TPSA) is 79.5 Å². The van der Waals surface area contributed by atoms with E-state index in [9.17, 15) is 27.5 Å². The summed E-state index contributed by atoms with van der Waals surface area (Å²) in [4.78, 5) is 16.9. The molecule has 0 amide bonds. The van der Waals surface area contributed by atoms with Crippen LogP contribution in [-0.2, 0) is 29.4 Å². The van der Waals surface area contributed by atoms with E-state index in [-0.39, 0.29) is 13.0 Å². The van der Waals surface area contributed by atoms with Crippen molar-refractivity contribution in [3.8, 4) is 11.1 Å². The Hall–Kier alpha value is -3.79. The highest BCUT2D eigenvalue weighted by Crippen LogP contribution is 2.35. The van der Waals surface area contributed by atoms with Crippen molar-refractivity contribution in [2.75, 3.05) is 7.05 Å². The summed E-state index contributed by atoms with van der Waals surface area (Å²) in [5.41, 5.74) is 0.258. The second-order valence-electron chi connectivity index (χ2n) is 8.44. The van der Waals surface area contributed by atoms with Crippen molar-refractivity contribution < 1.29 is 27.5 Å². The highest BCUT2D eigenvalue weighted by molar-refractivity contribution is 5.83. The fraction of sp³-hybridized carbons (Fsp3) is 0.240. The average molecular weight is 486 g/mol. The van der Waals surface area contributed by atoms with E-state index in [1.165, 1.54) is 54.0 Å². The quantitative estimate of drug-likeness (QED) is 0.365. The first-order valence-corrected chi connectivity index (χ1v) is 10.7. The van der Waals surface area contributed by atoms with Gasteiger partial charge in [-0.2, -0.15) is 18.3 Å². The zero-order valence-corrected chi connectivity index (χ0v) is 18.9. The zero-order valence-electron chi connectivity index (χ0n) is 18.9. The molecular weight excluding hydrogens is 464 g/mol. The van der Waals surface area contributed by atoms with Crippen molar-refractivity contribution in [2.45, 2.75) is 31.5 Å². The second-order valence-corrected chi connectivity index (χ2v) is 8.44. The van der Waals surface area contributed by atoms with Crippen molar-refractivity contribution in [3.05, 3.63) is 89.1 Å². The van der Waals surface area contributed by atoms with Gasteiger partial charge in [-0.25, -0.2) is 13.9 Å². The van der Waals surface area contributed by atoms with E-state index in [1.54, 1.807) is 13.1 Å². The minimum absolute atomic E-state index is 0.0178. The van der Waals surface area contributed by atoms with Crippen LogP contribution in [0.4, 0.5) is 17.6 Å². The predicted molar refractivity (Wildman–Crippen MR) is 121 cm³/mol. The molecule has 2 aromatic heterocycles. The maximum absolute atomic E-state index is 13.8. The fourth-order valence-electron chi connectivity index (χ4n) is 4.15. The first-order chi connectivity index (χ1) is 16.5. The minimum atomic E-state index is -4.47. The van der Waals surface area contributed by atoms with E-state index in [4.69, 9.17) is 0 Å². The van der Waals surface area contributed by atoms with Crippen LogP contribution in [0.25, 0.3) is 16.8 Å². The van der Waals surface area contributed by atoms with Crippen LogP contribution in [0.15, 0.2) is 60.8 Å². The first-order valence-electron chi connectivity index (χ1n) is 10.7. The molecule has 6 nitrogen and oxygen atoms in total. The van der Waals surface area contributed by atoms with Gasteiger partial charge in [0.25, 0.3) is 0 Å². The summed E-state index contributed by atoms with van der Waals surface area (Å²) in [6.45, 7) is 1.79. The summed E-state index contributed by atoms with van der Waals surface area (Å²) < 4.78 is 54.4. The lowest BCUT2D eigenvalue weighted by Crippen LogP contribution is -2.37. The molecular formula is C25H22F4N4O2. The van der Waals surface area contributed by atoms with Gasteiger partial charge >= 0.3 is 12.1 Å². The van der Waals surface area contributed by atoms with Crippen LogP contribution in [0.5, 0.6) is 0 Å². The lowest BCUT2D eigenvalue weighted by molar-refractivity contribution is -0.143. The molecule has 2 N–H and O–H groups in total. The molecule has 0 saturated heterocycles. The number of hydrogen-bond donors (Lipinski definition) is 2. The molecule has 0 fully saturated rings. The molecule has 2 heterocycles. The molecule has 0 aliphatic heterocycles. The van der Waals surface area contributed by atoms with Crippen LogP contribution < -0.4 is 5.32 Å². The Morgan fingerprint density at radius 2 is 1.83 bits per heavy atom. The Kier molecular flexibility index (Phi) is 6.33. The molecule has 0 spiro atoms.